The number of aryl methyl sites for hydroxylation is 2. The van der Waals surface area contributed by atoms with Gasteiger partial charge < -0.3 is 9.88 Å². The van der Waals surface area contributed by atoms with E-state index >= 15 is 0 Å². The number of pyridine rings is 1. The van der Waals surface area contributed by atoms with E-state index in [0.29, 0.717) is 0 Å². The maximum absolute atomic E-state index is 11.7. The molecule has 20 heavy (non-hydrogen) atoms. The van der Waals surface area contributed by atoms with Crippen molar-refractivity contribution in [2.45, 2.75) is 46.3 Å². The van der Waals surface area contributed by atoms with Gasteiger partial charge in [0.1, 0.15) is 0 Å². The lowest BCUT2D eigenvalue weighted by Crippen LogP contribution is -2.19. The van der Waals surface area contributed by atoms with Crippen LogP contribution in [0.2, 0.25) is 0 Å². The molecule has 0 aromatic carbocycles. The fraction of sp³-hybridized carbons (Fsp3) is 0.467. The van der Waals surface area contributed by atoms with Crippen molar-refractivity contribution in [1.82, 2.24) is 14.3 Å². The highest BCUT2D eigenvalue weighted by Crippen LogP contribution is 2.17. The first-order valence-electron chi connectivity index (χ1n) is 7.13. The van der Waals surface area contributed by atoms with Gasteiger partial charge in [-0.25, -0.2) is 0 Å². The Bertz CT molecular complexity index is 614. The first-order valence-corrected chi connectivity index (χ1v) is 7.13. The third-order valence-corrected chi connectivity index (χ3v) is 3.31. The van der Waals surface area contributed by atoms with Crippen molar-refractivity contribution in [2.75, 3.05) is 5.32 Å². The van der Waals surface area contributed by atoms with Crippen LogP contribution in [0.25, 0.3) is 0 Å². The average molecular weight is 274 g/mol. The lowest BCUT2D eigenvalue weighted by atomic mass is 10.2. The van der Waals surface area contributed by atoms with Crippen LogP contribution in [0.1, 0.15) is 38.8 Å². The second-order valence-corrected chi connectivity index (χ2v) is 4.94. The van der Waals surface area contributed by atoms with Gasteiger partial charge in [0.2, 0.25) is 0 Å². The van der Waals surface area contributed by atoms with Gasteiger partial charge in [-0.2, -0.15) is 5.10 Å². The summed E-state index contributed by atoms with van der Waals surface area (Å²) >= 11 is 0. The zero-order valence-corrected chi connectivity index (χ0v) is 12.3. The molecule has 2 aromatic rings. The van der Waals surface area contributed by atoms with Gasteiger partial charge in [-0.05, 0) is 26.3 Å². The maximum Gasteiger partial charge on any atom is 0.250 e. The molecule has 0 aliphatic rings. The highest BCUT2D eigenvalue weighted by Gasteiger charge is 2.08. The fourth-order valence-corrected chi connectivity index (χ4v) is 2.14. The van der Waals surface area contributed by atoms with Gasteiger partial charge in [0.05, 0.1) is 17.9 Å². The van der Waals surface area contributed by atoms with Gasteiger partial charge in [0.25, 0.3) is 5.56 Å². The highest BCUT2D eigenvalue weighted by atomic mass is 16.1. The SMILES string of the molecule is CCCn1cc(NC(C)c2cnn(CC)c2)ccc1=O. The van der Waals surface area contributed by atoms with Gasteiger partial charge in [0, 0.05) is 37.1 Å². The molecule has 5 nitrogen and oxygen atoms in total. The van der Waals surface area contributed by atoms with Crippen molar-refractivity contribution < 1.29 is 0 Å². The average Bonchev–Trinajstić information content (AvgIpc) is 2.92. The minimum Gasteiger partial charge on any atom is -0.377 e. The molecule has 1 unspecified atom stereocenters. The van der Waals surface area contributed by atoms with Crippen LogP contribution >= 0.6 is 0 Å². The molecule has 0 saturated carbocycles. The molecule has 0 aliphatic heterocycles. The van der Waals surface area contributed by atoms with Crippen LogP contribution in [-0.4, -0.2) is 14.3 Å². The summed E-state index contributed by atoms with van der Waals surface area (Å²) in [6.07, 6.45) is 6.75. The molecule has 5 heteroatoms. The predicted octanol–water partition coefficient (Wildman–Crippen LogP) is 2.65. The molecule has 0 fully saturated rings. The third-order valence-electron chi connectivity index (χ3n) is 3.31. The molecule has 2 rings (SSSR count). The standard InChI is InChI=1S/C15H22N4O/c1-4-8-18-11-14(6-7-15(18)20)17-12(3)13-9-16-19(5-2)10-13/h6-7,9-12,17H,4-5,8H2,1-3H3. The van der Waals surface area contributed by atoms with E-state index in [9.17, 15) is 4.79 Å². The Balaban J connectivity index is 2.12. The first kappa shape index (κ1) is 14.4. The minimum absolute atomic E-state index is 0.0452. The van der Waals surface area contributed by atoms with Crippen LogP contribution in [0.4, 0.5) is 5.69 Å². The van der Waals surface area contributed by atoms with E-state index in [0.717, 1.165) is 30.8 Å². The fourth-order valence-electron chi connectivity index (χ4n) is 2.14. The summed E-state index contributed by atoms with van der Waals surface area (Å²) in [5, 5.41) is 7.69. The molecule has 0 saturated heterocycles. The summed E-state index contributed by atoms with van der Waals surface area (Å²) < 4.78 is 3.65. The number of rotatable bonds is 6. The van der Waals surface area contributed by atoms with Crippen LogP contribution in [-0.2, 0) is 13.1 Å². The number of nitrogens with zero attached hydrogens (tertiary/aromatic N) is 3. The highest BCUT2D eigenvalue weighted by molar-refractivity contribution is 5.42. The molecule has 0 radical (unpaired) electrons. The molecular formula is C15H22N4O. The molecule has 1 atom stereocenters. The van der Waals surface area contributed by atoms with Crippen LogP contribution in [0.5, 0.6) is 0 Å². The minimum atomic E-state index is 0.0452. The normalized spacial score (nSPS) is 12.3. The third kappa shape index (κ3) is 3.29. The molecule has 2 aromatic heterocycles. The monoisotopic (exact) mass is 274 g/mol. The Morgan fingerprint density at radius 3 is 2.75 bits per heavy atom. The van der Waals surface area contributed by atoms with Crippen LogP contribution in [0.15, 0.2) is 35.5 Å². The van der Waals surface area contributed by atoms with E-state index in [1.165, 1.54) is 0 Å². The maximum atomic E-state index is 11.7. The predicted molar refractivity (Wildman–Crippen MR) is 80.9 cm³/mol. The second kappa shape index (κ2) is 6.41. The van der Waals surface area contributed by atoms with Crippen LogP contribution in [0.3, 0.4) is 0 Å². The van der Waals surface area contributed by atoms with Crippen LogP contribution < -0.4 is 10.9 Å². The van der Waals surface area contributed by atoms with E-state index in [1.807, 2.05) is 29.3 Å². The van der Waals surface area contributed by atoms with Gasteiger partial charge >= 0.3 is 0 Å². The van der Waals surface area contributed by atoms with Crippen molar-refractivity contribution in [3.05, 3.63) is 46.6 Å². The summed E-state index contributed by atoms with van der Waals surface area (Å²) in [6.45, 7) is 7.83. The quantitative estimate of drug-likeness (QED) is 0.881. The van der Waals surface area contributed by atoms with Gasteiger partial charge in [-0.1, -0.05) is 6.92 Å². The van der Waals surface area contributed by atoms with E-state index in [2.05, 4.69) is 31.2 Å². The number of anilines is 1. The Hall–Kier alpha value is -2.04. The number of nitrogens with one attached hydrogen (secondary N) is 1. The van der Waals surface area contributed by atoms with E-state index in [-0.39, 0.29) is 11.6 Å². The van der Waals surface area contributed by atoms with Gasteiger partial charge in [-0.3, -0.25) is 9.48 Å². The molecular weight excluding hydrogens is 252 g/mol. The molecule has 2 heterocycles. The van der Waals surface area contributed by atoms with Gasteiger partial charge in [-0.15, -0.1) is 0 Å². The van der Waals surface area contributed by atoms with E-state index in [1.54, 1.807) is 10.6 Å². The summed E-state index contributed by atoms with van der Waals surface area (Å²) in [7, 11) is 0. The number of hydrogen-bond acceptors (Lipinski definition) is 3. The summed E-state index contributed by atoms with van der Waals surface area (Å²) in [4.78, 5) is 11.7. The van der Waals surface area contributed by atoms with Crippen molar-refractivity contribution in [1.29, 1.82) is 0 Å². The van der Waals surface area contributed by atoms with Crippen molar-refractivity contribution >= 4 is 5.69 Å². The van der Waals surface area contributed by atoms with Gasteiger partial charge in [0.15, 0.2) is 0 Å². The molecule has 0 bridgehead atoms. The second-order valence-electron chi connectivity index (χ2n) is 4.94. The van der Waals surface area contributed by atoms with Crippen molar-refractivity contribution in [3.8, 4) is 0 Å². The van der Waals surface area contributed by atoms with Crippen LogP contribution in [0, 0.1) is 0 Å². The summed E-state index contributed by atoms with van der Waals surface area (Å²) in [5.74, 6) is 0. The number of aromatic nitrogens is 3. The Kier molecular flexibility index (Phi) is 4.61. The lowest BCUT2D eigenvalue weighted by Gasteiger charge is -2.15. The summed E-state index contributed by atoms with van der Waals surface area (Å²) in [6, 6.07) is 3.60. The van der Waals surface area contributed by atoms with Crippen molar-refractivity contribution in [3.63, 3.8) is 0 Å². The molecule has 0 spiro atoms. The molecule has 108 valence electrons. The zero-order chi connectivity index (χ0) is 14.5. The van der Waals surface area contributed by atoms with Crippen molar-refractivity contribution in [2.24, 2.45) is 0 Å². The van der Waals surface area contributed by atoms with E-state index < -0.39 is 0 Å². The molecule has 0 aliphatic carbocycles. The van der Waals surface area contributed by atoms with E-state index in [4.69, 9.17) is 0 Å². The smallest absolute Gasteiger partial charge is 0.250 e. The molecule has 0 amide bonds. The lowest BCUT2D eigenvalue weighted by molar-refractivity contribution is 0.653. The Morgan fingerprint density at radius 1 is 1.30 bits per heavy atom. The summed E-state index contributed by atoms with van der Waals surface area (Å²) in [5.41, 5.74) is 2.14. The first-order chi connectivity index (χ1) is 9.63. The number of hydrogen-bond donors (Lipinski definition) is 1. The molecule has 1 N–H and O–H groups in total. The Morgan fingerprint density at radius 2 is 2.10 bits per heavy atom. The largest absolute Gasteiger partial charge is 0.377 e. The zero-order valence-electron chi connectivity index (χ0n) is 12.3. The Labute approximate surface area is 119 Å². The topological polar surface area (TPSA) is 51.9 Å².